The van der Waals surface area contributed by atoms with Gasteiger partial charge in [-0.2, -0.15) is 16.4 Å². The van der Waals surface area contributed by atoms with Crippen LogP contribution in [-0.2, 0) is 14.3 Å². The van der Waals surface area contributed by atoms with Crippen molar-refractivity contribution in [2.24, 2.45) is 0 Å². The van der Waals surface area contributed by atoms with Crippen molar-refractivity contribution >= 4 is 64.6 Å². The van der Waals surface area contributed by atoms with Crippen LogP contribution in [-0.4, -0.2) is 84.7 Å². The summed E-state index contributed by atoms with van der Waals surface area (Å²) in [5.74, 6) is 1.45. The van der Waals surface area contributed by atoms with Gasteiger partial charge in [0.2, 0.25) is 11.8 Å². The Labute approximate surface area is 266 Å². The molecule has 3 N–H and O–H groups in total. The van der Waals surface area contributed by atoms with Crippen molar-refractivity contribution in [1.82, 2.24) is 40.4 Å². The lowest BCUT2D eigenvalue weighted by atomic mass is 10.1. The Bertz CT molecular complexity index is 1660. The van der Waals surface area contributed by atoms with Crippen LogP contribution in [0.1, 0.15) is 23.9 Å². The van der Waals surface area contributed by atoms with Gasteiger partial charge in [0, 0.05) is 52.5 Å². The number of hydrogen-bond donors (Lipinski definition) is 3. The molecule has 1 fully saturated rings. The Morgan fingerprint density at radius 2 is 1.91 bits per heavy atom. The molecule has 1 atom stereocenters. The zero-order chi connectivity index (χ0) is 31.1. The minimum Gasteiger partial charge on any atom is -0.453 e. The lowest BCUT2D eigenvalue weighted by molar-refractivity contribution is -0.131. The largest absolute Gasteiger partial charge is 0.453 e. The lowest BCUT2D eigenvalue weighted by Crippen LogP contribution is -2.40. The molecule has 0 unspecified atom stereocenters. The smallest absolute Gasteiger partial charge is 0.411 e. The van der Waals surface area contributed by atoms with Gasteiger partial charge in [0.15, 0.2) is 0 Å². The highest BCUT2D eigenvalue weighted by atomic mass is 35.5. The number of aromatic amines is 1. The molecule has 1 aliphatic heterocycles. The first-order chi connectivity index (χ1) is 21.3. The van der Waals surface area contributed by atoms with Crippen molar-refractivity contribution in [2.75, 3.05) is 37.0 Å². The molecule has 3 amide bonds. The highest BCUT2D eigenvalue weighted by Gasteiger charge is 2.26. The van der Waals surface area contributed by atoms with Crippen LogP contribution in [0.15, 0.2) is 54.9 Å². The number of aromatic nitrogens is 6. The second-order valence-electron chi connectivity index (χ2n) is 9.53. The minimum atomic E-state index is -0.806. The molecule has 1 saturated heterocycles. The monoisotopic (exact) mass is 655 g/mol. The molecule has 16 heteroatoms. The van der Waals surface area contributed by atoms with E-state index in [1.807, 2.05) is 0 Å². The van der Waals surface area contributed by atoms with E-state index in [-0.39, 0.29) is 17.5 Å². The Kier molecular flexibility index (Phi) is 10.1. The number of tetrazole rings is 1. The molecule has 4 aromatic rings. The van der Waals surface area contributed by atoms with Crippen LogP contribution in [0.4, 0.5) is 10.5 Å². The Morgan fingerprint density at radius 3 is 2.61 bits per heavy atom. The average Bonchev–Trinajstić information content (AvgIpc) is 3.71. The third-order valence-electron chi connectivity index (χ3n) is 6.66. The summed E-state index contributed by atoms with van der Waals surface area (Å²) in [5, 5.41) is 17.4. The number of amides is 3. The quantitative estimate of drug-likeness (QED) is 0.222. The van der Waals surface area contributed by atoms with Crippen LogP contribution in [0.2, 0.25) is 10.2 Å². The highest BCUT2D eigenvalue weighted by Crippen LogP contribution is 2.30. The number of carbonyl (C=O) groups is 3. The molecule has 5 rings (SSSR count). The van der Waals surface area contributed by atoms with Crippen molar-refractivity contribution in [1.29, 1.82) is 0 Å². The number of methoxy groups -OCH3 is 1. The van der Waals surface area contributed by atoms with Gasteiger partial charge in [0.1, 0.15) is 23.0 Å². The van der Waals surface area contributed by atoms with Gasteiger partial charge in [-0.1, -0.05) is 35.3 Å². The Hall–Kier alpha value is -4.40. The summed E-state index contributed by atoms with van der Waals surface area (Å²) in [5.41, 5.74) is 2.83. The number of imidazole rings is 1. The molecule has 0 saturated carbocycles. The van der Waals surface area contributed by atoms with Gasteiger partial charge in [-0.05, 0) is 46.8 Å². The van der Waals surface area contributed by atoms with E-state index in [1.54, 1.807) is 65.2 Å². The molecule has 0 spiro atoms. The number of nitrogens with one attached hydrogen (secondary N) is 3. The van der Waals surface area contributed by atoms with Crippen LogP contribution in [0, 0.1) is 0 Å². The van der Waals surface area contributed by atoms with E-state index in [4.69, 9.17) is 23.2 Å². The molecule has 44 heavy (non-hydrogen) atoms. The van der Waals surface area contributed by atoms with Gasteiger partial charge in [-0.3, -0.25) is 14.9 Å². The maximum absolute atomic E-state index is 13.3. The third-order valence-corrected chi connectivity index (χ3v) is 8.11. The van der Waals surface area contributed by atoms with E-state index in [9.17, 15) is 14.4 Å². The van der Waals surface area contributed by atoms with Crippen LogP contribution in [0.3, 0.4) is 0 Å². The molecule has 1 aliphatic rings. The van der Waals surface area contributed by atoms with Gasteiger partial charge >= 0.3 is 6.09 Å². The maximum Gasteiger partial charge on any atom is 0.411 e. The third kappa shape index (κ3) is 7.75. The fourth-order valence-corrected chi connectivity index (χ4v) is 5.79. The standard InChI is InChI=1S/C28H27Cl2N9O4S/c1-43-28(42)32-20-6-2-17(3-7-20)25-26(30)35-27(34-25)21(15-24(41)38-10-12-44-13-11-38)33-23(40)9-4-18-14-19(29)5-8-22(18)39-16-31-36-37-39/h2-9,14,16,21H,10-13,15H2,1H3,(H,32,42)(H,33,40)(H,34,35)/t21-/m0/s1. The molecule has 0 aliphatic carbocycles. The van der Waals surface area contributed by atoms with Crippen molar-refractivity contribution in [2.45, 2.75) is 12.5 Å². The predicted octanol–water partition coefficient (Wildman–Crippen LogP) is 4.37. The molecule has 13 nitrogen and oxygen atoms in total. The van der Waals surface area contributed by atoms with Crippen LogP contribution >= 0.6 is 35.0 Å². The number of H-pyrrole nitrogens is 1. The van der Waals surface area contributed by atoms with Crippen molar-refractivity contribution in [3.63, 3.8) is 0 Å². The van der Waals surface area contributed by atoms with Gasteiger partial charge in [0.25, 0.3) is 0 Å². The number of carbonyl (C=O) groups excluding carboxylic acids is 3. The number of halogens is 2. The topological polar surface area (TPSA) is 160 Å². The average molecular weight is 657 g/mol. The molecule has 2 aromatic heterocycles. The van der Waals surface area contributed by atoms with Crippen LogP contribution in [0.5, 0.6) is 0 Å². The van der Waals surface area contributed by atoms with Gasteiger partial charge in [-0.15, -0.1) is 5.10 Å². The normalized spacial score (nSPS) is 13.9. The number of benzene rings is 2. The van der Waals surface area contributed by atoms with E-state index >= 15 is 0 Å². The summed E-state index contributed by atoms with van der Waals surface area (Å²) in [7, 11) is 1.28. The van der Waals surface area contributed by atoms with Crippen molar-refractivity contribution in [3.8, 4) is 16.9 Å². The fraction of sp³-hybridized carbons (Fsp3) is 0.250. The van der Waals surface area contributed by atoms with Crippen LogP contribution < -0.4 is 10.6 Å². The summed E-state index contributed by atoms with van der Waals surface area (Å²) in [4.78, 5) is 47.5. The second kappa shape index (κ2) is 14.4. The fourth-order valence-electron chi connectivity index (χ4n) is 4.46. The first-order valence-electron chi connectivity index (χ1n) is 13.4. The van der Waals surface area contributed by atoms with Crippen molar-refractivity contribution < 1.29 is 19.1 Å². The Balaban J connectivity index is 1.38. The molecule has 3 heterocycles. The number of thioether (sulfide) groups is 1. The van der Waals surface area contributed by atoms with E-state index in [0.29, 0.717) is 52.1 Å². The highest BCUT2D eigenvalue weighted by molar-refractivity contribution is 7.99. The molecule has 228 valence electrons. The number of anilines is 1. The number of nitrogens with zero attached hydrogens (tertiary/aromatic N) is 6. The SMILES string of the molecule is COC(=O)Nc1ccc(-c2nc([C@H](CC(=O)N3CCSCC3)NC(=O)C=Cc3cc(Cl)ccc3-n3cnnn3)[nH]c2Cl)cc1. The molecule has 2 aromatic carbocycles. The lowest BCUT2D eigenvalue weighted by Gasteiger charge is -2.28. The number of hydrogen-bond acceptors (Lipinski definition) is 9. The molecular weight excluding hydrogens is 629 g/mol. The van der Waals surface area contributed by atoms with E-state index < -0.39 is 18.0 Å². The molecule has 0 bridgehead atoms. The zero-order valence-corrected chi connectivity index (χ0v) is 25.7. The summed E-state index contributed by atoms with van der Waals surface area (Å²) >= 11 is 14.6. The second-order valence-corrected chi connectivity index (χ2v) is 11.6. The van der Waals surface area contributed by atoms with E-state index in [1.165, 1.54) is 24.2 Å². The Morgan fingerprint density at radius 1 is 1.14 bits per heavy atom. The summed E-state index contributed by atoms with van der Waals surface area (Å²) < 4.78 is 6.08. The van der Waals surface area contributed by atoms with Gasteiger partial charge in [0.05, 0.1) is 25.3 Å². The van der Waals surface area contributed by atoms with Crippen molar-refractivity contribution in [3.05, 3.63) is 76.4 Å². The summed E-state index contributed by atoms with van der Waals surface area (Å²) in [6.07, 6.45) is 3.74. The van der Waals surface area contributed by atoms with E-state index in [2.05, 4.69) is 40.9 Å². The van der Waals surface area contributed by atoms with Crippen LogP contribution in [0.25, 0.3) is 23.0 Å². The summed E-state index contributed by atoms with van der Waals surface area (Å²) in [6.45, 7) is 1.27. The number of rotatable bonds is 9. The minimum absolute atomic E-state index is 0.0252. The molecular formula is C28H27Cl2N9O4S. The predicted molar refractivity (Wildman–Crippen MR) is 168 cm³/mol. The zero-order valence-electron chi connectivity index (χ0n) is 23.4. The van der Waals surface area contributed by atoms with E-state index in [0.717, 1.165) is 11.5 Å². The maximum atomic E-state index is 13.3. The van der Waals surface area contributed by atoms with Gasteiger partial charge < -0.3 is 19.9 Å². The summed E-state index contributed by atoms with van der Waals surface area (Å²) in [6, 6.07) is 11.1. The first kappa shape index (κ1) is 31.0. The number of ether oxygens (including phenoxy) is 1. The molecule has 0 radical (unpaired) electrons. The van der Waals surface area contributed by atoms with Gasteiger partial charge in [-0.25, -0.2) is 9.78 Å². The first-order valence-corrected chi connectivity index (χ1v) is 15.3.